The number of ether oxygens (including phenoxy) is 1. The molecule has 1 heterocycles. The van der Waals surface area contributed by atoms with Crippen LogP contribution in [-0.2, 0) is 16.0 Å². The van der Waals surface area contributed by atoms with Crippen LogP contribution >= 0.6 is 0 Å². The summed E-state index contributed by atoms with van der Waals surface area (Å²) in [6, 6.07) is 3.02. The lowest BCUT2D eigenvalue weighted by Gasteiger charge is -2.38. The quantitative estimate of drug-likeness (QED) is 0.916. The van der Waals surface area contributed by atoms with Crippen LogP contribution in [0, 0.1) is 11.6 Å². The van der Waals surface area contributed by atoms with Crippen LogP contribution in [0.5, 0.6) is 0 Å². The van der Waals surface area contributed by atoms with Crippen molar-refractivity contribution in [1.82, 2.24) is 4.90 Å². The molecule has 2 rings (SSSR count). The fourth-order valence-corrected chi connectivity index (χ4v) is 2.72. The summed E-state index contributed by atoms with van der Waals surface area (Å²) >= 11 is 0. The molecule has 0 unspecified atom stereocenters. The van der Waals surface area contributed by atoms with E-state index in [2.05, 4.69) is 0 Å². The normalized spacial score (nSPS) is 22.4. The summed E-state index contributed by atoms with van der Waals surface area (Å²) in [6.45, 7) is 0.855. The molecule has 0 radical (unpaired) electrons. The maximum Gasteiger partial charge on any atom is 0.227 e. The summed E-state index contributed by atoms with van der Waals surface area (Å²) in [5.74, 6) is -1.35. The molecule has 116 valence electrons. The minimum Gasteiger partial charge on any atom is -0.381 e. The minimum atomic E-state index is -0.569. The van der Waals surface area contributed by atoms with Crippen molar-refractivity contribution >= 4 is 5.91 Å². The average molecular weight is 298 g/mol. The van der Waals surface area contributed by atoms with Crippen molar-refractivity contribution in [3.05, 3.63) is 35.4 Å². The molecule has 0 spiro atoms. The fraction of sp³-hybridized carbons (Fsp3) is 0.533. The molecule has 2 N–H and O–H groups in total. The van der Waals surface area contributed by atoms with E-state index in [1.54, 1.807) is 12.0 Å². The number of likely N-dealkylation sites (tertiary alicyclic amines) is 1. The third-order valence-electron chi connectivity index (χ3n) is 3.94. The number of benzene rings is 1. The van der Waals surface area contributed by atoms with Crippen molar-refractivity contribution in [2.24, 2.45) is 5.73 Å². The van der Waals surface area contributed by atoms with Crippen LogP contribution in [0.25, 0.3) is 0 Å². The summed E-state index contributed by atoms with van der Waals surface area (Å²) in [4.78, 5) is 14.0. The molecule has 1 aliphatic rings. The molecule has 0 aromatic heterocycles. The molecular weight excluding hydrogens is 278 g/mol. The minimum absolute atomic E-state index is 0.0737. The van der Waals surface area contributed by atoms with Gasteiger partial charge in [0.15, 0.2) is 0 Å². The van der Waals surface area contributed by atoms with Gasteiger partial charge < -0.3 is 15.4 Å². The van der Waals surface area contributed by atoms with Crippen molar-refractivity contribution in [2.75, 3.05) is 20.2 Å². The van der Waals surface area contributed by atoms with Gasteiger partial charge in [0.1, 0.15) is 11.6 Å². The van der Waals surface area contributed by atoms with E-state index in [4.69, 9.17) is 10.5 Å². The number of carbonyl (C=O) groups excluding carboxylic acids is 1. The van der Waals surface area contributed by atoms with Gasteiger partial charge in [-0.2, -0.15) is 0 Å². The molecule has 0 aliphatic carbocycles. The second kappa shape index (κ2) is 6.95. The number of methoxy groups -OCH3 is 1. The Morgan fingerprint density at radius 2 is 2.24 bits per heavy atom. The van der Waals surface area contributed by atoms with E-state index >= 15 is 0 Å². The molecule has 1 fully saturated rings. The summed E-state index contributed by atoms with van der Waals surface area (Å²) < 4.78 is 32.1. The highest BCUT2D eigenvalue weighted by atomic mass is 19.1. The maximum atomic E-state index is 13.6. The van der Waals surface area contributed by atoms with Gasteiger partial charge in [-0.3, -0.25) is 4.79 Å². The Labute approximate surface area is 122 Å². The summed E-state index contributed by atoms with van der Waals surface area (Å²) in [6.07, 6.45) is 1.33. The van der Waals surface area contributed by atoms with E-state index in [0.717, 1.165) is 24.6 Å². The van der Waals surface area contributed by atoms with Gasteiger partial charge in [0, 0.05) is 31.8 Å². The zero-order valence-electron chi connectivity index (χ0n) is 12.0. The van der Waals surface area contributed by atoms with Crippen LogP contribution in [0.4, 0.5) is 8.78 Å². The summed E-state index contributed by atoms with van der Waals surface area (Å²) in [7, 11) is 1.64. The first-order valence-electron chi connectivity index (χ1n) is 7.01. The smallest absolute Gasteiger partial charge is 0.227 e. The van der Waals surface area contributed by atoms with Crippen LogP contribution < -0.4 is 5.73 Å². The van der Waals surface area contributed by atoms with Crippen molar-refractivity contribution in [1.29, 1.82) is 0 Å². The zero-order chi connectivity index (χ0) is 15.4. The monoisotopic (exact) mass is 298 g/mol. The molecule has 1 aromatic carbocycles. The number of hydrogen-bond donors (Lipinski definition) is 1. The Bertz CT molecular complexity index is 510. The van der Waals surface area contributed by atoms with Crippen molar-refractivity contribution in [3.8, 4) is 0 Å². The number of piperidine rings is 1. The van der Waals surface area contributed by atoms with Crippen LogP contribution in [0.1, 0.15) is 18.4 Å². The molecule has 21 heavy (non-hydrogen) atoms. The van der Waals surface area contributed by atoms with E-state index in [1.807, 2.05) is 0 Å². The second-order valence-electron chi connectivity index (χ2n) is 5.27. The Hall–Kier alpha value is -1.53. The van der Waals surface area contributed by atoms with Crippen LogP contribution in [-0.4, -0.2) is 43.2 Å². The van der Waals surface area contributed by atoms with Crippen LogP contribution in [0.15, 0.2) is 18.2 Å². The van der Waals surface area contributed by atoms with Gasteiger partial charge in [-0.15, -0.1) is 0 Å². The molecule has 4 nitrogen and oxygen atoms in total. The number of carbonyl (C=O) groups is 1. The summed E-state index contributed by atoms with van der Waals surface area (Å²) in [5.41, 5.74) is 5.79. The number of nitrogens with two attached hydrogens (primary N) is 1. The molecule has 0 bridgehead atoms. The van der Waals surface area contributed by atoms with E-state index in [-0.39, 0.29) is 30.0 Å². The topological polar surface area (TPSA) is 55.6 Å². The highest BCUT2D eigenvalue weighted by molar-refractivity contribution is 5.79. The summed E-state index contributed by atoms with van der Waals surface area (Å²) in [5, 5.41) is 0. The molecular formula is C15H20F2N2O2. The number of halogens is 2. The predicted octanol–water partition coefficient (Wildman–Crippen LogP) is 1.47. The van der Waals surface area contributed by atoms with Gasteiger partial charge >= 0.3 is 0 Å². The average Bonchev–Trinajstić information content (AvgIpc) is 2.50. The van der Waals surface area contributed by atoms with E-state index in [0.29, 0.717) is 19.5 Å². The molecule has 1 aliphatic heterocycles. The standard InChI is InChI=1S/C15H20F2N2O2/c1-21-13-4-5-19(12(8-13)9-18)15(20)7-10-6-11(16)2-3-14(10)17/h2-3,6,12-13H,4-5,7-9,18H2,1H3/t12-,13-/m1/s1. The third-order valence-corrected chi connectivity index (χ3v) is 3.94. The molecule has 1 amide bonds. The van der Waals surface area contributed by atoms with Gasteiger partial charge in [0.05, 0.1) is 12.5 Å². The maximum absolute atomic E-state index is 13.6. The molecule has 1 aromatic rings. The van der Waals surface area contributed by atoms with Gasteiger partial charge in [0.2, 0.25) is 5.91 Å². The highest BCUT2D eigenvalue weighted by Gasteiger charge is 2.30. The van der Waals surface area contributed by atoms with Crippen molar-refractivity contribution in [2.45, 2.75) is 31.4 Å². The predicted molar refractivity (Wildman–Crippen MR) is 74.6 cm³/mol. The molecule has 6 heteroatoms. The lowest BCUT2D eigenvalue weighted by atomic mass is 9.98. The largest absolute Gasteiger partial charge is 0.381 e. The first-order chi connectivity index (χ1) is 10.0. The van der Waals surface area contributed by atoms with Gasteiger partial charge in [-0.05, 0) is 31.0 Å². The fourth-order valence-electron chi connectivity index (χ4n) is 2.72. The van der Waals surface area contributed by atoms with Crippen LogP contribution in [0.3, 0.4) is 0 Å². The van der Waals surface area contributed by atoms with Crippen molar-refractivity contribution < 1.29 is 18.3 Å². The third kappa shape index (κ3) is 3.77. The Balaban J connectivity index is 2.07. The van der Waals surface area contributed by atoms with Gasteiger partial charge in [-0.25, -0.2) is 8.78 Å². The first-order valence-corrected chi connectivity index (χ1v) is 7.01. The number of amides is 1. The highest BCUT2D eigenvalue weighted by Crippen LogP contribution is 2.21. The Morgan fingerprint density at radius 3 is 2.90 bits per heavy atom. The van der Waals surface area contributed by atoms with Gasteiger partial charge in [-0.1, -0.05) is 0 Å². The number of hydrogen-bond acceptors (Lipinski definition) is 3. The molecule has 1 saturated heterocycles. The van der Waals surface area contributed by atoms with E-state index < -0.39 is 11.6 Å². The van der Waals surface area contributed by atoms with Gasteiger partial charge in [0.25, 0.3) is 0 Å². The lowest BCUT2D eigenvalue weighted by Crippen LogP contribution is -2.51. The SMILES string of the molecule is CO[C@@H]1CCN(C(=O)Cc2cc(F)ccc2F)[C@@H](CN)C1. The number of nitrogens with zero attached hydrogens (tertiary/aromatic N) is 1. The molecule has 2 atom stereocenters. The van der Waals surface area contributed by atoms with Crippen molar-refractivity contribution in [3.63, 3.8) is 0 Å². The first kappa shape index (κ1) is 15.9. The second-order valence-corrected chi connectivity index (χ2v) is 5.27. The van der Waals surface area contributed by atoms with E-state index in [1.165, 1.54) is 0 Å². The Morgan fingerprint density at radius 1 is 1.48 bits per heavy atom. The van der Waals surface area contributed by atoms with E-state index in [9.17, 15) is 13.6 Å². The van der Waals surface area contributed by atoms with Crippen LogP contribution in [0.2, 0.25) is 0 Å². The zero-order valence-corrected chi connectivity index (χ0v) is 12.0. The molecule has 0 saturated carbocycles. The number of rotatable bonds is 4. The Kier molecular flexibility index (Phi) is 5.25. The lowest BCUT2D eigenvalue weighted by molar-refractivity contribution is -0.136.